The number of hydrogen-bond donors (Lipinski definition) is 0. The van der Waals surface area contributed by atoms with Crippen LogP contribution in [0.5, 0.6) is 0 Å². The molecule has 0 aliphatic heterocycles. The third-order valence-corrected chi connectivity index (χ3v) is 1.75. The van der Waals surface area contributed by atoms with Crippen LogP contribution in [0.15, 0.2) is 0 Å². The van der Waals surface area contributed by atoms with Gasteiger partial charge >= 0.3 is 0 Å². The molecule has 0 bridgehead atoms. The Morgan fingerprint density at radius 2 is 1.78 bits per heavy atom. The van der Waals surface area contributed by atoms with Crippen LogP contribution in [0, 0.1) is 5.92 Å². The Hall–Kier alpha value is 0.519. The van der Waals surface area contributed by atoms with Crippen LogP contribution in [0.4, 0.5) is 0 Å². The van der Waals surface area contributed by atoms with Gasteiger partial charge in [-0.05, 0) is 5.92 Å². The molecule has 0 aromatic rings. The quantitative estimate of drug-likeness (QED) is 0.579. The smallest absolute Gasteiger partial charge is 0 e. The fourth-order valence-corrected chi connectivity index (χ4v) is 0.757. The summed E-state index contributed by atoms with van der Waals surface area (Å²) in [6.45, 7) is 6.85. The molecule has 0 amide bonds. The topological polar surface area (TPSA) is 0 Å². The first kappa shape index (κ1) is 12.2. The molecule has 1 atom stereocenters. The number of hydrogen-bond acceptors (Lipinski definition) is 0. The first-order chi connectivity index (χ1) is 3.81. The van der Waals surface area contributed by atoms with Crippen LogP contribution in [-0.4, -0.2) is 0 Å². The van der Waals surface area contributed by atoms with Crippen LogP contribution < -0.4 is 0 Å². The van der Waals surface area contributed by atoms with Crippen LogP contribution in [0.25, 0.3) is 0 Å². The Morgan fingerprint density at radius 3 is 2.11 bits per heavy atom. The minimum atomic E-state index is 0. The van der Waals surface area contributed by atoms with E-state index in [1.807, 2.05) is 0 Å². The molecule has 1 heteroatoms. The van der Waals surface area contributed by atoms with Gasteiger partial charge in [-0.15, -0.1) is 0 Å². The molecule has 1 unspecified atom stereocenters. The summed E-state index contributed by atoms with van der Waals surface area (Å²) in [6.07, 6.45) is 5.53. The van der Waals surface area contributed by atoms with Crippen molar-refractivity contribution in [3.05, 3.63) is 0 Å². The third kappa shape index (κ3) is 8.52. The van der Waals surface area contributed by atoms with Crippen molar-refractivity contribution < 1.29 is 17.1 Å². The van der Waals surface area contributed by atoms with Gasteiger partial charge in [-0.2, -0.15) is 0 Å². The van der Waals surface area contributed by atoms with E-state index in [-0.39, 0.29) is 17.1 Å². The molecular weight excluding hydrogens is 160 g/mol. The molecule has 0 fully saturated rings. The second kappa shape index (κ2) is 8.52. The fourth-order valence-electron chi connectivity index (χ4n) is 0.757. The largest absolute Gasteiger partial charge is 0.0654 e. The summed E-state index contributed by atoms with van der Waals surface area (Å²) >= 11 is 0. The summed E-state index contributed by atoms with van der Waals surface area (Å²) in [5.41, 5.74) is 0. The molecule has 0 N–H and O–H groups in total. The molecule has 1 radical (unpaired) electrons. The van der Waals surface area contributed by atoms with Crippen molar-refractivity contribution in [2.75, 3.05) is 0 Å². The Balaban J connectivity index is 0. The van der Waals surface area contributed by atoms with Crippen molar-refractivity contribution in [2.45, 2.75) is 46.5 Å². The molecule has 61 valence electrons. The summed E-state index contributed by atoms with van der Waals surface area (Å²) in [6, 6.07) is 0. The predicted octanol–water partition coefficient (Wildman–Crippen LogP) is 3.22. The van der Waals surface area contributed by atoms with Crippen LogP contribution in [-0.2, 0) is 17.1 Å². The minimum absolute atomic E-state index is 0. The maximum atomic E-state index is 2.33. The maximum Gasteiger partial charge on any atom is 0 e. The summed E-state index contributed by atoms with van der Waals surface area (Å²) in [7, 11) is 0. The second-order valence-electron chi connectivity index (χ2n) is 2.66. The van der Waals surface area contributed by atoms with Gasteiger partial charge in [0, 0.05) is 17.1 Å². The molecular formula is C8H18Cu. The van der Waals surface area contributed by atoms with E-state index in [1.165, 1.54) is 25.7 Å². The van der Waals surface area contributed by atoms with Gasteiger partial charge < -0.3 is 0 Å². The van der Waals surface area contributed by atoms with Gasteiger partial charge in [0.25, 0.3) is 0 Å². The van der Waals surface area contributed by atoms with Crippen LogP contribution in [0.1, 0.15) is 46.5 Å². The van der Waals surface area contributed by atoms with Crippen LogP contribution >= 0.6 is 0 Å². The Labute approximate surface area is 69.9 Å². The molecule has 0 rings (SSSR count). The average Bonchev–Trinajstić information content (AvgIpc) is 1.83. The van der Waals surface area contributed by atoms with Crippen molar-refractivity contribution in [1.82, 2.24) is 0 Å². The van der Waals surface area contributed by atoms with Gasteiger partial charge in [0.2, 0.25) is 0 Å². The zero-order chi connectivity index (χ0) is 6.41. The summed E-state index contributed by atoms with van der Waals surface area (Å²) in [4.78, 5) is 0. The van der Waals surface area contributed by atoms with Gasteiger partial charge in [-0.3, -0.25) is 0 Å². The Bertz CT molecular complexity index is 43.8. The monoisotopic (exact) mass is 177 g/mol. The average molecular weight is 178 g/mol. The van der Waals surface area contributed by atoms with Crippen molar-refractivity contribution in [2.24, 2.45) is 5.92 Å². The molecule has 0 aliphatic rings. The fraction of sp³-hybridized carbons (Fsp3) is 1.00. The SMILES string of the molecule is CCCCC(C)CC.[Cu]. The summed E-state index contributed by atoms with van der Waals surface area (Å²) in [5, 5.41) is 0. The molecule has 0 nitrogen and oxygen atoms in total. The van der Waals surface area contributed by atoms with Crippen molar-refractivity contribution in [1.29, 1.82) is 0 Å². The molecule has 0 aromatic carbocycles. The third-order valence-electron chi connectivity index (χ3n) is 1.75. The van der Waals surface area contributed by atoms with Gasteiger partial charge in [0.05, 0.1) is 0 Å². The van der Waals surface area contributed by atoms with Crippen LogP contribution in [0.2, 0.25) is 0 Å². The zero-order valence-corrected chi connectivity index (χ0v) is 7.65. The molecule has 0 aromatic heterocycles. The number of unbranched alkanes of at least 4 members (excludes halogenated alkanes) is 1. The van der Waals surface area contributed by atoms with Gasteiger partial charge in [-0.1, -0.05) is 46.5 Å². The first-order valence-electron chi connectivity index (χ1n) is 3.81. The van der Waals surface area contributed by atoms with E-state index in [0.29, 0.717) is 0 Å². The van der Waals surface area contributed by atoms with Gasteiger partial charge in [-0.25, -0.2) is 0 Å². The molecule has 9 heavy (non-hydrogen) atoms. The summed E-state index contributed by atoms with van der Waals surface area (Å²) in [5.74, 6) is 0.954. The molecule has 0 spiro atoms. The molecule has 0 saturated heterocycles. The van der Waals surface area contributed by atoms with Crippen molar-refractivity contribution in [3.8, 4) is 0 Å². The van der Waals surface area contributed by atoms with Crippen LogP contribution in [0.3, 0.4) is 0 Å². The van der Waals surface area contributed by atoms with Crippen molar-refractivity contribution in [3.63, 3.8) is 0 Å². The van der Waals surface area contributed by atoms with E-state index >= 15 is 0 Å². The predicted molar refractivity (Wildman–Crippen MR) is 39.0 cm³/mol. The van der Waals surface area contributed by atoms with Gasteiger partial charge in [0.1, 0.15) is 0 Å². The zero-order valence-electron chi connectivity index (χ0n) is 6.71. The molecule has 0 heterocycles. The van der Waals surface area contributed by atoms with E-state index in [0.717, 1.165) is 5.92 Å². The van der Waals surface area contributed by atoms with E-state index in [2.05, 4.69) is 20.8 Å². The van der Waals surface area contributed by atoms with E-state index < -0.39 is 0 Å². The Kier molecular flexibility index (Phi) is 11.6. The second-order valence-corrected chi connectivity index (χ2v) is 2.66. The van der Waals surface area contributed by atoms with E-state index in [4.69, 9.17) is 0 Å². The number of rotatable bonds is 4. The van der Waals surface area contributed by atoms with E-state index in [1.54, 1.807) is 0 Å². The minimum Gasteiger partial charge on any atom is -0.0654 e. The normalized spacial score (nSPS) is 12.3. The molecule has 0 aliphatic carbocycles. The standard InChI is InChI=1S/C8H18.Cu/c1-4-6-7-8(3)5-2;/h8H,4-7H2,1-3H3;. The first-order valence-corrected chi connectivity index (χ1v) is 3.81. The summed E-state index contributed by atoms with van der Waals surface area (Å²) < 4.78 is 0. The van der Waals surface area contributed by atoms with Crippen molar-refractivity contribution >= 4 is 0 Å². The molecule has 0 saturated carbocycles. The maximum absolute atomic E-state index is 2.33. The van der Waals surface area contributed by atoms with E-state index in [9.17, 15) is 0 Å². The Morgan fingerprint density at radius 1 is 1.22 bits per heavy atom. The van der Waals surface area contributed by atoms with Gasteiger partial charge in [0.15, 0.2) is 0 Å².